The van der Waals surface area contributed by atoms with E-state index in [4.69, 9.17) is 5.11 Å². The second-order valence-corrected chi connectivity index (χ2v) is 5.96. The van der Waals surface area contributed by atoms with Crippen molar-refractivity contribution in [1.29, 1.82) is 0 Å². The molecule has 0 aliphatic rings. The highest BCUT2D eigenvalue weighted by Gasteiger charge is 2.13. The molecule has 1 aromatic carbocycles. The molecule has 1 aromatic rings. The summed E-state index contributed by atoms with van der Waals surface area (Å²) in [7, 11) is -3.26. The third-order valence-corrected chi connectivity index (χ3v) is 3.95. The lowest BCUT2D eigenvalue weighted by Gasteiger charge is -2.12. The molecule has 0 aromatic heterocycles. The second-order valence-electron chi connectivity index (χ2n) is 4.09. The number of aliphatic hydroxyl groups is 1. The Hall–Kier alpha value is -0.910. The Morgan fingerprint density at radius 3 is 2.53 bits per heavy atom. The first kappa shape index (κ1) is 14.2. The molecule has 0 aliphatic carbocycles. The van der Waals surface area contributed by atoms with E-state index < -0.39 is 10.0 Å². The first-order valence-corrected chi connectivity index (χ1v) is 7.33. The van der Waals surface area contributed by atoms with Crippen molar-refractivity contribution in [2.24, 2.45) is 0 Å². The van der Waals surface area contributed by atoms with Crippen LogP contribution in [0, 0.1) is 0 Å². The molecule has 0 saturated carbocycles. The molecule has 0 fully saturated rings. The highest BCUT2D eigenvalue weighted by molar-refractivity contribution is 7.89. The summed E-state index contributed by atoms with van der Waals surface area (Å²) in [6.45, 7) is 1.73. The largest absolute Gasteiger partial charge is 0.396 e. The SMILES string of the molecule is CC(CCO)NS(=O)(=O)CCc1ccccc1. The Morgan fingerprint density at radius 1 is 1.29 bits per heavy atom. The molecule has 4 nitrogen and oxygen atoms in total. The summed E-state index contributed by atoms with van der Waals surface area (Å²) >= 11 is 0. The molecule has 96 valence electrons. The van der Waals surface area contributed by atoms with Crippen LogP contribution in [0.4, 0.5) is 0 Å². The monoisotopic (exact) mass is 257 g/mol. The number of hydrogen-bond donors (Lipinski definition) is 2. The minimum Gasteiger partial charge on any atom is -0.396 e. The van der Waals surface area contributed by atoms with Crippen LogP contribution in [-0.4, -0.2) is 31.9 Å². The summed E-state index contributed by atoms with van der Waals surface area (Å²) in [5.41, 5.74) is 1.01. The van der Waals surface area contributed by atoms with Crippen molar-refractivity contribution >= 4 is 10.0 Å². The predicted octanol–water partition coefficient (Wildman–Crippen LogP) is 0.919. The van der Waals surface area contributed by atoms with Gasteiger partial charge in [0.2, 0.25) is 10.0 Å². The van der Waals surface area contributed by atoms with Crippen LogP contribution in [0.2, 0.25) is 0 Å². The van der Waals surface area contributed by atoms with Crippen LogP contribution in [0.25, 0.3) is 0 Å². The number of benzene rings is 1. The third kappa shape index (κ3) is 5.81. The topological polar surface area (TPSA) is 66.4 Å². The van der Waals surface area contributed by atoms with Gasteiger partial charge in [0, 0.05) is 12.6 Å². The van der Waals surface area contributed by atoms with Crippen molar-refractivity contribution in [3.05, 3.63) is 35.9 Å². The molecular formula is C12H19NO3S. The number of hydrogen-bond acceptors (Lipinski definition) is 3. The molecule has 0 aliphatic heterocycles. The van der Waals surface area contributed by atoms with E-state index in [0.717, 1.165) is 5.56 Å². The minimum absolute atomic E-state index is 0.0115. The maximum atomic E-state index is 11.7. The fourth-order valence-electron chi connectivity index (χ4n) is 1.51. The standard InChI is InChI=1S/C12H19NO3S/c1-11(7-9-14)13-17(15,16)10-8-12-5-3-2-4-6-12/h2-6,11,13-14H,7-10H2,1H3. The van der Waals surface area contributed by atoms with E-state index in [0.29, 0.717) is 12.8 Å². The van der Waals surface area contributed by atoms with E-state index in [-0.39, 0.29) is 18.4 Å². The van der Waals surface area contributed by atoms with Crippen molar-refractivity contribution in [3.8, 4) is 0 Å². The van der Waals surface area contributed by atoms with Crippen molar-refractivity contribution in [3.63, 3.8) is 0 Å². The van der Waals surface area contributed by atoms with Gasteiger partial charge in [-0.1, -0.05) is 30.3 Å². The molecule has 1 atom stereocenters. The molecule has 0 spiro atoms. The van der Waals surface area contributed by atoms with Gasteiger partial charge in [0.15, 0.2) is 0 Å². The Balaban J connectivity index is 2.45. The lowest BCUT2D eigenvalue weighted by molar-refractivity contribution is 0.275. The van der Waals surface area contributed by atoms with Gasteiger partial charge in [-0.25, -0.2) is 13.1 Å². The average molecular weight is 257 g/mol. The van der Waals surface area contributed by atoms with Gasteiger partial charge >= 0.3 is 0 Å². The van der Waals surface area contributed by atoms with Gasteiger partial charge in [0.05, 0.1) is 5.75 Å². The van der Waals surface area contributed by atoms with Crippen LogP contribution in [-0.2, 0) is 16.4 Å². The van der Waals surface area contributed by atoms with Crippen molar-refractivity contribution in [2.75, 3.05) is 12.4 Å². The highest BCUT2D eigenvalue weighted by Crippen LogP contribution is 2.02. The average Bonchev–Trinajstić information content (AvgIpc) is 2.27. The van der Waals surface area contributed by atoms with Crippen LogP contribution in [0.15, 0.2) is 30.3 Å². The van der Waals surface area contributed by atoms with Gasteiger partial charge in [-0.3, -0.25) is 0 Å². The van der Waals surface area contributed by atoms with Crippen LogP contribution in [0.5, 0.6) is 0 Å². The number of aliphatic hydroxyl groups excluding tert-OH is 1. The molecule has 2 N–H and O–H groups in total. The van der Waals surface area contributed by atoms with Gasteiger partial charge in [-0.2, -0.15) is 0 Å². The zero-order valence-electron chi connectivity index (χ0n) is 9.96. The van der Waals surface area contributed by atoms with E-state index in [1.807, 2.05) is 30.3 Å². The Labute approximate surface area is 103 Å². The summed E-state index contributed by atoms with van der Waals surface area (Å²) in [5, 5.41) is 8.71. The van der Waals surface area contributed by atoms with Crippen LogP contribution in [0.3, 0.4) is 0 Å². The fourth-order valence-corrected chi connectivity index (χ4v) is 2.87. The maximum Gasteiger partial charge on any atom is 0.212 e. The minimum atomic E-state index is -3.26. The Morgan fingerprint density at radius 2 is 1.94 bits per heavy atom. The number of sulfonamides is 1. The van der Waals surface area contributed by atoms with E-state index >= 15 is 0 Å². The summed E-state index contributed by atoms with van der Waals surface area (Å²) in [6.07, 6.45) is 0.937. The molecule has 0 bridgehead atoms. The zero-order valence-corrected chi connectivity index (χ0v) is 10.8. The predicted molar refractivity (Wildman–Crippen MR) is 68.2 cm³/mol. The van der Waals surface area contributed by atoms with E-state index in [2.05, 4.69) is 4.72 Å². The Kier molecular flexibility index (Phi) is 5.61. The molecular weight excluding hydrogens is 238 g/mol. The molecule has 0 amide bonds. The van der Waals surface area contributed by atoms with Crippen molar-refractivity contribution < 1.29 is 13.5 Å². The fraction of sp³-hybridized carbons (Fsp3) is 0.500. The first-order valence-electron chi connectivity index (χ1n) is 5.68. The smallest absolute Gasteiger partial charge is 0.212 e. The lowest BCUT2D eigenvalue weighted by atomic mass is 10.2. The summed E-state index contributed by atoms with van der Waals surface area (Å²) in [4.78, 5) is 0. The van der Waals surface area contributed by atoms with Crippen LogP contribution in [0.1, 0.15) is 18.9 Å². The number of rotatable bonds is 7. The normalized spacial score (nSPS) is 13.5. The van der Waals surface area contributed by atoms with Gasteiger partial charge in [-0.15, -0.1) is 0 Å². The highest BCUT2D eigenvalue weighted by atomic mass is 32.2. The molecule has 1 unspecified atom stereocenters. The summed E-state index contributed by atoms with van der Waals surface area (Å²) in [6, 6.07) is 9.28. The molecule has 17 heavy (non-hydrogen) atoms. The van der Waals surface area contributed by atoms with Crippen LogP contribution < -0.4 is 4.72 Å². The molecule has 0 heterocycles. The Bertz CT molecular complexity index is 417. The molecule has 5 heteroatoms. The van der Waals surface area contributed by atoms with E-state index in [1.165, 1.54) is 0 Å². The van der Waals surface area contributed by atoms with Gasteiger partial charge in [-0.05, 0) is 25.3 Å². The van der Waals surface area contributed by atoms with Gasteiger partial charge in [0.1, 0.15) is 0 Å². The second kappa shape index (κ2) is 6.74. The van der Waals surface area contributed by atoms with Crippen LogP contribution >= 0.6 is 0 Å². The number of nitrogens with one attached hydrogen (secondary N) is 1. The molecule has 1 rings (SSSR count). The molecule has 0 radical (unpaired) electrons. The third-order valence-electron chi connectivity index (χ3n) is 2.45. The lowest BCUT2D eigenvalue weighted by Crippen LogP contribution is -2.35. The van der Waals surface area contributed by atoms with Gasteiger partial charge < -0.3 is 5.11 Å². The maximum absolute atomic E-state index is 11.7. The number of aryl methyl sites for hydroxylation is 1. The summed E-state index contributed by atoms with van der Waals surface area (Å²) in [5.74, 6) is 0.0762. The van der Waals surface area contributed by atoms with Crippen molar-refractivity contribution in [1.82, 2.24) is 4.72 Å². The van der Waals surface area contributed by atoms with Gasteiger partial charge in [0.25, 0.3) is 0 Å². The van der Waals surface area contributed by atoms with E-state index in [9.17, 15) is 8.42 Å². The first-order chi connectivity index (χ1) is 8.03. The van der Waals surface area contributed by atoms with E-state index in [1.54, 1.807) is 6.92 Å². The zero-order chi connectivity index (χ0) is 12.7. The quantitative estimate of drug-likeness (QED) is 0.763. The molecule has 0 saturated heterocycles. The van der Waals surface area contributed by atoms with Crippen molar-refractivity contribution in [2.45, 2.75) is 25.8 Å². The summed E-state index contributed by atoms with van der Waals surface area (Å²) < 4.78 is 25.9.